The van der Waals surface area contributed by atoms with E-state index in [4.69, 9.17) is 14.6 Å². The summed E-state index contributed by atoms with van der Waals surface area (Å²) in [6, 6.07) is 18.5. The minimum Gasteiger partial charge on any atom is -0.494 e. The second-order valence-corrected chi connectivity index (χ2v) is 7.48. The summed E-state index contributed by atoms with van der Waals surface area (Å²) in [6.07, 6.45) is 6.02. The first kappa shape index (κ1) is 31.9. The van der Waals surface area contributed by atoms with Gasteiger partial charge in [0.25, 0.3) is 0 Å². The Balaban J connectivity index is 0.00000274. The highest BCUT2D eigenvalue weighted by Gasteiger charge is 2.10. The fourth-order valence-corrected chi connectivity index (χ4v) is 3.13. The van der Waals surface area contributed by atoms with Crippen LogP contribution in [0.15, 0.2) is 84.7 Å². The third-order valence-electron chi connectivity index (χ3n) is 4.70. The zero-order chi connectivity index (χ0) is 26.5. The summed E-state index contributed by atoms with van der Waals surface area (Å²) in [4.78, 5) is 12.7. The van der Waals surface area contributed by atoms with E-state index < -0.39 is 0 Å². The second-order valence-electron chi connectivity index (χ2n) is 7.48. The molecule has 1 N–H and O–H groups in total. The van der Waals surface area contributed by atoms with Crippen LogP contribution >= 0.6 is 0 Å². The Bertz CT molecular complexity index is 884. The van der Waals surface area contributed by atoms with Crippen molar-refractivity contribution in [1.82, 2.24) is 4.90 Å². The average molecular weight is 482 g/mol. The van der Waals surface area contributed by atoms with Crippen LogP contribution in [0.4, 0.5) is 0 Å². The van der Waals surface area contributed by atoms with Gasteiger partial charge < -0.3 is 24.3 Å². The molecular weight excluding hydrogens is 438 g/mol. The van der Waals surface area contributed by atoms with E-state index in [9.17, 15) is 4.79 Å². The van der Waals surface area contributed by atoms with Crippen LogP contribution < -0.4 is 4.74 Å². The topological polar surface area (TPSA) is 59.0 Å². The maximum absolute atomic E-state index is 10.6. The molecular formula is C30H43NO4. The number of likely N-dealkylation sites (N-methyl/N-ethyl adjacent to an activating group) is 1. The molecule has 0 heterocycles. The highest BCUT2D eigenvalue weighted by atomic mass is 16.5. The predicted octanol–water partition coefficient (Wildman–Crippen LogP) is 5.95. The molecule has 0 saturated heterocycles. The molecule has 0 radical (unpaired) electrons. The number of nitrogens with zero attached hydrogens (tertiary/aromatic N) is 1. The molecule has 2 aromatic carbocycles. The van der Waals surface area contributed by atoms with Crippen molar-refractivity contribution in [3.63, 3.8) is 0 Å². The number of carbonyl (C=O) groups excluding carboxylic acids is 1. The SMILES string of the molecule is C=C(/C=C(Cc1ccccc1)\C(=C/C)c1ccc(OCCN(C)C)cc1)OCCC=O.CC.CO. The maximum atomic E-state index is 10.6. The molecule has 0 atom stereocenters. The lowest BCUT2D eigenvalue weighted by Gasteiger charge is -2.16. The molecule has 0 unspecified atom stereocenters. The van der Waals surface area contributed by atoms with E-state index in [2.05, 4.69) is 41.8 Å². The summed E-state index contributed by atoms with van der Waals surface area (Å²) in [6.45, 7) is 11.9. The van der Waals surface area contributed by atoms with Gasteiger partial charge in [-0.2, -0.15) is 0 Å². The van der Waals surface area contributed by atoms with Gasteiger partial charge in [-0.15, -0.1) is 0 Å². The number of benzene rings is 2. The highest BCUT2D eigenvalue weighted by Crippen LogP contribution is 2.29. The first-order valence-electron chi connectivity index (χ1n) is 12.0. The van der Waals surface area contributed by atoms with Crippen LogP contribution in [0.3, 0.4) is 0 Å². The lowest BCUT2D eigenvalue weighted by atomic mass is 9.92. The Morgan fingerprint density at radius 3 is 2.17 bits per heavy atom. The zero-order valence-corrected chi connectivity index (χ0v) is 22.3. The summed E-state index contributed by atoms with van der Waals surface area (Å²) in [7, 11) is 5.06. The van der Waals surface area contributed by atoms with E-state index >= 15 is 0 Å². The molecule has 0 amide bonds. The molecule has 0 aliphatic rings. The molecule has 0 aliphatic heterocycles. The van der Waals surface area contributed by atoms with Crippen molar-refractivity contribution >= 4 is 11.9 Å². The average Bonchev–Trinajstić information content (AvgIpc) is 2.88. The first-order chi connectivity index (χ1) is 17.0. The third kappa shape index (κ3) is 13.4. The van der Waals surface area contributed by atoms with E-state index in [1.165, 1.54) is 5.56 Å². The Morgan fingerprint density at radius 1 is 1.00 bits per heavy atom. The van der Waals surface area contributed by atoms with Gasteiger partial charge in [0.2, 0.25) is 0 Å². The van der Waals surface area contributed by atoms with E-state index in [0.29, 0.717) is 25.4 Å². The van der Waals surface area contributed by atoms with E-state index in [1.807, 2.05) is 71.3 Å². The smallest absolute Gasteiger partial charge is 0.123 e. The minimum atomic E-state index is 0.335. The number of hydrogen-bond donors (Lipinski definition) is 1. The minimum absolute atomic E-state index is 0.335. The van der Waals surface area contributed by atoms with Crippen LogP contribution in [0.2, 0.25) is 0 Å². The lowest BCUT2D eigenvalue weighted by Crippen LogP contribution is -2.19. The molecule has 5 heteroatoms. The number of allylic oxidation sites excluding steroid dienone is 4. The standard InChI is InChI=1S/C27H33NO3.C2H6.CH4O/c1-5-27(24-12-14-26(15-13-24)31-19-16-28(3)4)25(20-22(2)30-18-9-17-29)21-23-10-7-6-8-11-23;2*1-2/h5-8,10-15,17,20H,2,9,16,18-19,21H2,1,3-4H3;1-2H3;2H,1H3/b25-20-,27-5-;;. The van der Waals surface area contributed by atoms with E-state index in [0.717, 1.165) is 48.8 Å². The summed E-state index contributed by atoms with van der Waals surface area (Å²) in [5.74, 6) is 1.41. The Labute approximate surface area is 212 Å². The molecule has 0 saturated carbocycles. The van der Waals surface area contributed by atoms with Crippen molar-refractivity contribution in [3.8, 4) is 5.75 Å². The summed E-state index contributed by atoms with van der Waals surface area (Å²) >= 11 is 0. The number of ether oxygens (including phenoxy) is 2. The number of carbonyl (C=O) groups is 1. The Morgan fingerprint density at radius 2 is 1.63 bits per heavy atom. The number of aldehydes is 1. The summed E-state index contributed by atoms with van der Waals surface area (Å²) in [5, 5.41) is 7.00. The Kier molecular flexibility index (Phi) is 18.4. The zero-order valence-electron chi connectivity index (χ0n) is 22.3. The van der Waals surface area contributed by atoms with Crippen molar-refractivity contribution in [3.05, 3.63) is 95.8 Å². The molecule has 2 rings (SSSR count). The molecule has 0 fully saturated rings. The second kappa shape index (κ2) is 20.2. The maximum Gasteiger partial charge on any atom is 0.123 e. The van der Waals surface area contributed by atoms with E-state index in [1.54, 1.807) is 0 Å². The monoisotopic (exact) mass is 481 g/mol. The number of aliphatic hydroxyl groups is 1. The predicted molar refractivity (Wildman–Crippen MR) is 148 cm³/mol. The molecule has 35 heavy (non-hydrogen) atoms. The Hall–Kier alpha value is -3.15. The summed E-state index contributed by atoms with van der Waals surface area (Å²) in [5.41, 5.74) is 4.53. The van der Waals surface area contributed by atoms with Crippen LogP contribution in [0, 0.1) is 0 Å². The van der Waals surface area contributed by atoms with Gasteiger partial charge in [0.15, 0.2) is 0 Å². The number of aliphatic hydroxyl groups excluding tert-OH is 1. The molecule has 5 nitrogen and oxygen atoms in total. The molecule has 0 spiro atoms. The molecule has 192 valence electrons. The van der Waals surface area contributed by atoms with Gasteiger partial charge in [0.1, 0.15) is 24.4 Å². The van der Waals surface area contributed by atoms with Crippen molar-refractivity contribution < 1.29 is 19.4 Å². The third-order valence-corrected chi connectivity index (χ3v) is 4.70. The molecule has 0 aromatic heterocycles. The first-order valence-corrected chi connectivity index (χ1v) is 12.0. The normalized spacial score (nSPS) is 11.0. The summed E-state index contributed by atoms with van der Waals surface area (Å²) < 4.78 is 11.4. The fraction of sp³-hybridized carbons (Fsp3) is 0.367. The van der Waals surface area contributed by atoms with Gasteiger partial charge in [-0.1, -0.05) is 69.0 Å². The van der Waals surface area contributed by atoms with Gasteiger partial charge in [0, 0.05) is 20.1 Å². The van der Waals surface area contributed by atoms with Crippen LogP contribution in [0.5, 0.6) is 5.75 Å². The molecule has 0 aliphatic carbocycles. The number of hydrogen-bond acceptors (Lipinski definition) is 5. The van der Waals surface area contributed by atoms with Crippen molar-refractivity contribution in [1.29, 1.82) is 0 Å². The highest BCUT2D eigenvalue weighted by molar-refractivity contribution is 5.80. The van der Waals surface area contributed by atoms with Crippen LogP contribution in [0.25, 0.3) is 5.57 Å². The van der Waals surface area contributed by atoms with Crippen LogP contribution in [0.1, 0.15) is 38.3 Å². The van der Waals surface area contributed by atoms with Gasteiger partial charge in [0.05, 0.1) is 6.61 Å². The fourth-order valence-electron chi connectivity index (χ4n) is 3.13. The van der Waals surface area contributed by atoms with Gasteiger partial charge >= 0.3 is 0 Å². The largest absolute Gasteiger partial charge is 0.494 e. The van der Waals surface area contributed by atoms with Gasteiger partial charge in [-0.05, 0) is 67.9 Å². The van der Waals surface area contributed by atoms with Crippen LogP contribution in [-0.2, 0) is 16.0 Å². The van der Waals surface area contributed by atoms with Crippen molar-refractivity contribution in [2.75, 3.05) is 41.0 Å². The lowest BCUT2D eigenvalue weighted by molar-refractivity contribution is -0.108. The quantitative estimate of drug-likeness (QED) is 0.166. The molecule has 0 bridgehead atoms. The van der Waals surface area contributed by atoms with Crippen molar-refractivity contribution in [2.24, 2.45) is 0 Å². The number of rotatable bonds is 13. The van der Waals surface area contributed by atoms with Gasteiger partial charge in [-0.3, -0.25) is 0 Å². The van der Waals surface area contributed by atoms with Gasteiger partial charge in [-0.25, -0.2) is 0 Å². The van der Waals surface area contributed by atoms with Crippen molar-refractivity contribution in [2.45, 2.75) is 33.6 Å². The van der Waals surface area contributed by atoms with E-state index in [-0.39, 0.29) is 0 Å². The molecule has 2 aromatic rings. The van der Waals surface area contributed by atoms with Crippen LogP contribution in [-0.4, -0.2) is 57.3 Å².